The SMILES string of the molecule is CCc1ccc(Cl)c(CC)c1NC(=O)N1CCCC(C(C)O)C1. The Morgan fingerprint density at radius 2 is 2.17 bits per heavy atom. The minimum atomic E-state index is -0.380. The lowest BCUT2D eigenvalue weighted by atomic mass is 9.93. The molecule has 1 aliphatic heterocycles. The highest BCUT2D eigenvalue weighted by Gasteiger charge is 2.27. The Kier molecular flexibility index (Phi) is 6.31. The Balaban J connectivity index is 2.18. The number of benzene rings is 1. The van der Waals surface area contributed by atoms with Crippen LogP contribution in [0.4, 0.5) is 10.5 Å². The monoisotopic (exact) mass is 338 g/mol. The van der Waals surface area contributed by atoms with Crippen molar-refractivity contribution in [3.8, 4) is 0 Å². The molecule has 2 amide bonds. The van der Waals surface area contributed by atoms with Crippen LogP contribution in [0.15, 0.2) is 12.1 Å². The van der Waals surface area contributed by atoms with Crippen LogP contribution in [0.3, 0.4) is 0 Å². The number of aliphatic hydroxyl groups is 1. The number of carbonyl (C=O) groups is 1. The topological polar surface area (TPSA) is 52.6 Å². The summed E-state index contributed by atoms with van der Waals surface area (Å²) in [7, 11) is 0. The molecule has 2 atom stereocenters. The zero-order chi connectivity index (χ0) is 17.0. The van der Waals surface area contributed by atoms with Gasteiger partial charge >= 0.3 is 6.03 Å². The van der Waals surface area contributed by atoms with Gasteiger partial charge in [-0.2, -0.15) is 0 Å². The van der Waals surface area contributed by atoms with Gasteiger partial charge in [0.15, 0.2) is 0 Å². The number of nitrogens with zero attached hydrogens (tertiary/aromatic N) is 1. The standard InChI is InChI=1S/C18H27ClN2O2/c1-4-13-8-9-16(19)15(5-2)17(13)20-18(23)21-10-6-7-14(11-21)12(3)22/h8-9,12,14,22H,4-7,10-11H2,1-3H3,(H,20,23). The molecule has 0 aliphatic carbocycles. The molecular formula is C18H27ClN2O2. The number of hydrogen-bond acceptors (Lipinski definition) is 2. The van der Waals surface area contributed by atoms with Gasteiger partial charge in [-0.05, 0) is 49.8 Å². The Morgan fingerprint density at radius 1 is 1.43 bits per heavy atom. The van der Waals surface area contributed by atoms with Gasteiger partial charge in [0, 0.05) is 24.0 Å². The normalized spacial score (nSPS) is 19.5. The second-order valence-corrected chi connectivity index (χ2v) is 6.69. The molecule has 0 radical (unpaired) electrons. The molecule has 2 N–H and O–H groups in total. The van der Waals surface area contributed by atoms with Gasteiger partial charge in [0.1, 0.15) is 0 Å². The highest BCUT2D eigenvalue weighted by Crippen LogP contribution is 2.30. The van der Waals surface area contributed by atoms with Crippen LogP contribution < -0.4 is 5.32 Å². The Morgan fingerprint density at radius 3 is 2.78 bits per heavy atom. The van der Waals surface area contributed by atoms with E-state index in [0.717, 1.165) is 49.0 Å². The summed E-state index contributed by atoms with van der Waals surface area (Å²) in [6, 6.07) is 3.78. The van der Waals surface area contributed by atoms with E-state index in [4.69, 9.17) is 11.6 Å². The second kappa shape index (κ2) is 8.02. The van der Waals surface area contributed by atoms with Crippen LogP contribution in [-0.4, -0.2) is 35.2 Å². The fourth-order valence-corrected chi connectivity index (χ4v) is 3.53. The maximum absolute atomic E-state index is 12.7. The maximum Gasteiger partial charge on any atom is 0.321 e. The molecule has 1 heterocycles. The predicted octanol–water partition coefficient (Wildman–Crippen LogP) is 4.09. The molecule has 5 heteroatoms. The summed E-state index contributed by atoms with van der Waals surface area (Å²) in [6.07, 6.45) is 3.14. The first-order valence-corrected chi connectivity index (χ1v) is 8.89. The average Bonchev–Trinajstić information content (AvgIpc) is 2.55. The van der Waals surface area contributed by atoms with Crippen molar-refractivity contribution < 1.29 is 9.90 Å². The molecule has 4 nitrogen and oxygen atoms in total. The first-order valence-electron chi connectivity index (χ1n) is 8.52. The van der Waals surface area contributed by atoms with Crippen molar-refractivity contribution >= 4 is 23.3 Å². The number of likely N-dealkylation sites (tertiary alicyclic amines) is 1. The number of aryl methyl sites for hydroxylation is 1. The van der Waals surface area contributed by atoms with Crippen molar-refractivity contribution in [3.05, 3.63) is 28.3 Å². The number of halogens is 1. The van der Waals surface area contributed by atoms with Gasteiger partial charge in [-0.1, -0.05) is 31.5 Å². The van der Waals surface area contributed by atoms with Gasteiger partial charge in [0.25, 0.3) is 0 Å². The molecule has 0 aromatic heterocycles. The second-order valence-electron chi connectivity index (χ2n) is 6.29. The smallest absolute Gasteiger partial charge is 0.321 e. The summed E-state index contributed by atoms with van der Waals surface area (Å²) in [5.41, 5.74) is 2.94. The van der Waals surface area contributed by atoms with E-state index < -0.39 is 0 Å². The molecule has 1 aliphatic rings. The molecular weight excluding hydrogens is 312 g/mol. The van der Waals surface area contributed by atoms with E-state index in [0.29, 0.717) is 11.6 Å². The molecule has 0 saturated carbocycles. The third-order valence-corrected chi connectivity index (χ3v) is 5.09. The molecule has 0 bridgehead atoms. The van der Waals surface area contributed by atoms with Crippen molar-refractivity contribution in [1.29, 1.82) is 0 Å². The van der Waals surface area contributed by atoms with Gasteiger partial charge in [0.2, 0.25) is 0 Å². The number of urea groups is 1. The number of hydrogen-bond donors (Lipinski definition) is 2. The lowest BCUT2D eigenvalue weighted by molar-refractivity contribution is 0.0766. The summed E-state index contributed by atoms with van der Waals surface area (Å²) in [4.78, 5) is 14.5. The number of aliphatic hydroxyl groups excluding tert-OH is 1. The minimum Gasteiger partial charge on any atom is -0.393 e. The van der Waals surface area contributed by atoms with Crippen LogP contribution in [0, 0.1) is 5.92 Å². The predicted molar refractivity (Wildman–Crippen MR) is 95.2 cm³/mol. The molecule has 2 rings (SSSR count). The first-order chi connectivity index (χ1) is 11.0. The fraction of sp³-hybridized carbons (Fsp3) is 0.611. The number of rotatable bonds is 4. The third kappa shape index (κ3) is 4.18. The highest BCUT2D eigenvalue weighted by atomic mass is 35.5. The van der Waals surface area contributed by atoms with Crippen LogP contribution >= 0.6 is 11.6 Å². The molecule has 128 valence electrons. The quantitative estimate of drug-likeness (QED) is 0.868. The van der Waals surface area contributed by atoms with E-state index in [-0.39, 0.29) is 18.1 Å². The first kappa shape index (κ1) is 18.1. The van der Waals surface area contributed by atoms with Gasteiger partial charge in [-0.25, -0.2) is 4.79 Å². The van der Waals surface area contributed by atoms with Crippen molar-refractivity contribution in [1.82, 2.24) is 4.90 Å². The van der Waals surface area contributed by atoms with Crippen molar-refractivity contribution in [2.24, 2.45) is 5.92 Å². The Labute approximate surface area is 143 Å². The van der Waals surface area contributed by atoms with Crippen LogP contribution in [0.25, 0.3) is 0 Å². The zero-order valence-electron chi connectivity index (χ0n) is 14.2. The third-order valence-electron chi connectivity index (χ3n) is 4.74. The summed E-state index contributed by atoms with van der Waals surface area (Å²) >= 11 is 6.29. The molecule has 1 aromatic rings. The van der Waals surface area contributed by atoms with Crippen molar-refractivity contribution in [3.63, 3.8) is 0 Å². The largest absolute Gasteiger partial charge is 0.393 e. The van der Waals surface area contributed by atoms with Gasteiger partial charge in [-0.15, -0.1) is 0 Å². The van der Waals surface area contributed by atoms with E-state index in [1.54, 1.807) is 11.8 Å². The zero-order valence-corrected chi connectivity index (χ0v) is 15.0. The molecule has 2 unspecified atom stereocenters. The lowest BCUT2D eigenvalue weighted by Gasteiger charge is -2.34. The van der Waals surface area contributed by atoms with Crippen molar-refractivity contribution in [2.45, 2.75) is 52.6 Å². The number of carbonyl (C=O) groups excluding carboxylic acids is 1. The molecule has 23 heavy (non-hydrogen) atoms. The summed E-state index contributed by atoms with van der Waals surface area (Å²) < 4.78 is 0. The molecule has 1 fully saturated rings. The van der Waals surface area contributed by atoms with Crippen LogP contribution in [0.1, 0.15) is 44.7 Å². The number of piperidine rings is 1. The summed E-state index contributed by atoms with van der Waals surface area (Å²) in [5.74, 6) is 0.158. The van der Waals surface area contributed by atoms with Crippen LogP contribution in [0.5, 0.6) is 0 Å². The minimum absolute atomic E-state index is 0.0954. The Hall–Kier alpha value is -1.26. The molecule has 1 aromatic carbocycles. The maximum atomic E-state index is 12.7. The molecule has 0 spiro atoms. The lowest BCUT2D eigenvalue weighted by Crippen LogP contribution is -2.45. The van der Waals surface area contributed by atoms with E-state index in [9.17, 15) is 9.90 Å². The van der Waals surface area contributed by atoms with E-state index >= 15 is 0 Å². The summed E-state index contributed by atoms with van der Waals surface area (Å²) in [6.45, 7) is 7.25. The molecule has 1 saturated heterocycles. The van der Waals surface area contributed by atoms with Crippen LogP contribution in [0.2, 0.25) is 5.02 Å². The van der Waals surface area contributed by atoms with Crippen LogP contribution in [-0.2, 0) is 12.8 Å². The fourth-order valence-electron chi connectivity index (χ4n) is 3.24. The van der Waals surface area contributed by atoms with Crippen molar-refractivity contribution in [2.75, 3.05) is 18.4 Å². The van der Waals surface area contributed by atoms with Gasteiger partial charge < -0.3 is 15.3 Å². The van der Waals surface area contributed by atoms with E-state index in [1.165, 1.54) is 0 Å². The number of anilines is 1. The van der Waals surface area contributed by atoms with Gasteiger partial charge in [0.05, 0.1) is 11.8 Å². The summed E-state index contributed by atoms with van der Waals surface area (Å²) in [5, 5.41) is 13.6. The van der Waals surface area contributed by atoms with E-state index in [2.05, 4.69) is 12.2 Å². The average molecular weight is 339 g/mol. The highest BCUT2D eigenvalue weighted by molar-refractivity contribution is 6.31. The number of amides is 2. The van der Waals surface area contributed by atoms with E-state index in [1.807, 2.05) is 19.1 Å². The number of nitrogens with one attached hydrogen (secondary N) is 1. The van der Waals surface area contributed by atoms with Gasteiger partial charge in [-0.3, -0.25) is 0 Å². The Bertz CT molecular complexity index is 560.